The van der Waals surface area contributed by atoms with Gasteiger partial charge in [-0.1, -0.05) is 12.2 Å². The van der Waals surface area contributed by atoms with Crippen LogP contribution >= 0.6 is 24.0 Å². The highest BCUT2D eigenvalue weighted by atomic mass is 32.2. The molecule has 0 fully saturated rings. The molecule has 0 aliphatic rings. The lowest BCUT2D eigenvalue weighted by atomic mass is 10.2. The molecule has 0 aromatic carbocycles. The number of hydrogen-bond acceptors (Lipinski definition) is 3. The molecular weight excluding hydrogens is 210 g/mol. The summed E-state index contributed by atoms with van der Waals surface area (Å²) < 4.78 is 0. The molecular formula is C11H15NS2. The third kappa shape index (κ3) is 4.72. The predicted octanol–water partition coefficient (Wildman–Crippen LogP) is 3.06. The van der Waals surface area contributed by atoms with Gasteiger partial charge in [-0.15, -0.1) is 0 Å². The van der Waals surface area contributed by atoms with Gasteiger partial charge in [0, 0.05) is 17.6 Å². The van der Waals surface area contributed by atoms with Gasteiger partial charge in [0.25, 0.3) is 0 Å². The van der Waals surface area contributed by atoms with E-state index in [0.717, 1.165) is 28.5 Å². The van der Waals surface area contributed by atoms with Crippen LogP contribution in [0.15, 0.2) is 18.3 Å². The molecule has 1 aromatic heterocycles. The Morgan fingerprint density at radius 2 is 2.36 bits per heavy atom. The van der Waals surface area contributed by atoms with Gasteiger partial charge in [-0.2, -0.15) is 11.8 Å². The van der Waals surface area contributed by atoms with Crippen molar-refractivity contribution in [1.29, 1.82) is 0 Å². The zero-order chi connectivity index (χ0) is 10.4. The number of rotatable bonds is 5. The highest BCUT2D eigenvalue weighted by molar-refractivity contribution is 8.01. The number of aromatic nitrogens is 1. The fourth-order valence-electron chi connectivity index (χ4n) is 1.17. The number of thiocarbonyl (C=S) groups is 1. The minimum Gasteiger partial charge on any atom is -0.262 e. The van der Waals surface area contributed by atoms with E-state index in [4.69, 9.17) is 12.2 Å². The first kappa shape index (κ1) is 11.7. The maximum atomic E-state index is 5.02. The molecule has 0 radical (unpaired) electrons. The van der Waals surface area contributed by atoms with E-state index >= 15 is 0 Å². The monoisotopic (exact) mass is 225 g/mol. The summed E-state index contributed by atoms with van der Waals surface area (Å²) in [6.45, 7) is 4.02. The Morgan fingerprint density at radius 3 is 3.00 bits per heavy atom. The number of hydrogen-bond donors (Lipinski definition) is 0. The second kappa shape index (κ2) is 6.14. The van der Waals surface area contributed by atoms with E-state index in [2.05, 4.69) is 17.1 Å². The van der Waals surface area contributed by atoms with Gasteiger partial charge in [-0.3, -0.25) is 4.98 Å². The van der Waals surface area contributed by atoms with E-state index < -0.39 is 0 Å². The van der Waals surface area contributed by atoms with Crippen molar-refractivity contribution in [3.05, 3.63) is 29.6 Å². The molecule has 0 aliphatic carbocycles. The lowest BCUT2D eigenvalue weighted by Crippen LogP contribution is -1.95. The number of thioether (sulfide) groups is 1. The standard InChI is InChI=1S/C11H15NS2/c1-9-7-11(3-5-12-9)4-6-14-8-10(2)13/h3,5,7H,4,6,8H2,1-2H3. The van der Waals surface area contributed by atoms with Crippen LogP contribution in [0.3, 0.4) is 0 Å². The van der Waals surface area contributed by atoms with Gasteiger partial charge in [-0.25, -0.2) is 0 Å². The normalized spacial score (nSPS) is 10.1. The minimum absolute atomic E-state index is 0.999. The minimum atomic E-state index is 0.999. The first-order chi connectivity index (χ1) is 6.68. The average Bonchev–Trinajstić information content (AvgIpc) is 2.12. The molecule has 76 valence electrons. The second-order valence-electron chi connectivity index (χ2n) is 3.31. The molecule has 0 amide bonds. The zero-order valence-corrected chi connectivity index (χ0v) is 10.3. The summed E-state index contributed by atoms with van der Waals surface area (Å²) in [6.07, 6.45) is 2.98. The van der Waals surface area contributed by atoms with Gasteiger partial charge >= 0.3 is 0 Å². The van der Waals surface area contributed by atoms with Gasteiger partial charge in [-0.05, 0) is 48.6 Å². The summed E-state index contributed by atoms with van der Waals surface area (Å²) in [7, 11) is 0. The molecule has 0 saturated carbocycles. The number of aryl methyl sites for hydroxylation is 2. The molecule has 0 unspecified atom stereocenters. The fourth-order valence-corrected chi connectivity index (χ4v) is 2.23. The first-order valence-electron chi connectivity index (χ1n) is 4.67. The highest BCUT2D eigenvalue weighted by Gasteiger charge is 1.95. The molecule has 0 aliphatic heterocycles. The van der Waals surface area contributed by atoms with Gasteiger partial charge < -0.3 is 0 Å². The molecule has 1 heterocycles. The van der Waals surface area contributed by atoms with Gasteiger partial charge in [0.1, 0.15) is 0 Å². The maximum absolute atomic E-state index is 5.02. The van der Waals surface area contributed by atoms with Crippen molar-refractivity contribution in [3.8, 4) is 0 Å². The Balaban J connectivity index is 2.28. The first-order valence-corrected chi connectivity index (χ1v) is 6.23. The van der Waals surface area contributed by atoms with E-state index in [9.17, 15) is 0 Å². The van der Waals surface area contributed by atoms with Crippen molar-refractivity contribution < 1.29 is 0 Å². The van der Waals surface area contributed by atoms with Gasteiger partial charge in [0.05, 0.1) is 0 Å². The Labute approximate surface area is 95.3 Å². The number of nitrogens with zero attached hydrogens (tertiary/aromatic N) is 1. The van der Waals surface area contributed by atoms with E-state index in [1.165, 1.54) is 5.56 Å². The fraction of sp³-hybridized carbons (Fsp3) is 0.455. The van der Waals surface area contributed by atoms with Crippen molar-refractivity contribution in [1.82, 2.24) is 4.98 Å². The number of pyridine rings is 1. The molecule has 0 saturated heterocycles. The van der Waals surface area contributed by atoms with Crippen molar-refractivity contribution in [2.45, 2.75) is 20.3 Å². The lowest BCUT2D eigenvalue weighted by Gasteiger charge is -2.01. The van der Waals surface area contributed by atoms with Crippen LogP contribution in [-0.2, 0) is 6.42 Å². The largest absolute Gasteiger partial charge is 0.262 e. The summed E-state index contributed by atoms with van der Waals surface area (Å²) >= 11 is 6.92. The molecule has 1 nitrogen and oxygen atoms in total. The van der Waals surface area contributed by atoms with Crippen LogP contribution in [0, 0.1) is 6.92 Å². The predicted molar refractivity (Wildman–Crippen MR) is 68.3 cm³/mol. The van der Waals surface area contributed by atoms with Gasteiger partial charge in [0.15, 0.2) is 0 Å². The van der Waals surface area contributed by atoms with Crippen LogP contribution in [0.1, 0.15) is 18.2 Å². The smallest absolute Gasteiger partial charge is 0.0375 e. The van der Waals surface area contributed by atoms with Gasteiger partial charge in [0.2, 0.25) is 0 Å². The van der Waals surface area contributed by atoms with Crippen molar-refractivity contribution in [3.63, 3.8) is 0 Å². The van der Waals surface area contributed by atoms with E-state index in [1.807, 2.05) is 31.8 Å². The summed E-state index contributed by atoms with van der Waals surface area (Å²) in [4.78, 5) is 5.25. The van der Waals surface area contributed by atoms with Crippen LogP contribution in [0.4, 0.5) is 0 Å². The van der Waals surface area contributed by atoms with Crippen LogP contribution in [0.2, 0.25) is 0 Å². The van der Waals surface area contributed by atoms with Crippen molar-refractivity contribution in [2.75, 3.05) is 11.5 Å². The topological polar surface area (TPSA) is 12.9 Å². The zero-order valence-electron chi connectivity index (χ0n) is 8.62. The van der Waals surface area contributed by atoms with Crippen LogP contribution in [-0.4, -0.2) is 21.4 Å². The van der Waals surface area contributed by atoms with E-state index in [0.29, 0.717) is 0 Å². The lowest BCUT2D eigenvalue weighted by molar-refractivity contribution is 1.10. The molecule has 14 heavy (non-hydrogen) atoms. The molecule has 3 heteroatoms. The van der Waals surface area contributed by atoms with E-state index in [1.54, 1.807) is 0 Å². The summed E-state index contributed by atoms with van der Waals surface area (Å²) in [5.74, 6) is 2.14. The molecule has 1 rings (SSSR count). The highest BCUT2D eigenvalue weighted by Crippen LogP contribution is 2.08. The molecule has 0 spiro atoms. The Morgan fingerprint density at radius 1 is 1.57 bits per heavy atom. The Kier molecular flexibility index (Phi) is 5.12. The third-order valence-electron chi connectivity index (χ3n) is 1.80. The summed E-state index contributed by atoms with van der Waals surface area (Å²) in [5.41, 5.74) is 2.46. The molecule has 0 bridgehead atoms. The molecule has 0 N–H and O–H groups in total. The SMILES string of the molecule is CC(=S)CSCCc1ccnc(C)c1. The quantitative estimate of drug-likeness (QED) is 0.565. The third-order valence-corrected chi connectivity index (χ3v) is 3.26. The Hall–Kier alpha value is -0.410. The Bertz CT molecular complexity index is 310. The van der Waals surface area contributed by atoms with Crippen LogP contribution in [0.5, 0.6) is 0 Å². The average molecular weight is 225 g/mol. The van der Waals surface area contributed by atoms with Crippen LogP contribution in [0.25, 0.3) is 0 Å². The molecule has 1 aromatic rings. The second-order valence-corrected chi connectivity index (χ2v) is 5.11. The summed E-state index contributed by atoms with van der Waals surface area (Å²) in [6, 6.07) is 4.22. The van der Waals surface area contributed by atoms with Crippen molar-refractivity contribution in [2.24, 2.45) is 0 Å². The van der Waals surface area contributed by atoms with Crippen LogP contribution < -0.4 is 0 Å². The van der Waals surface area contributed by atoms with E-state index in [-0.39, 0.29) is 0 Å². The summed E-state index contributed by atoms with van der Waals surface area (Å²) in [5, 5.41) is 0. The molecule has 0 atom stereocenters. The maximum Gasteiger partial charge on any atom is 0.0375 e. The van der Waals surface area contributed by atoms with Crippen molar-refractivity contribution >= 4 is 28.8 Å².